The second-order valence-electron chi connectivity index (χ2n) is 6.79. The van der Waals surface area contributed by atoms with Crippen molar-refractivity contribution < 1.29 is 17.9 Å². The quantitative estimate of drug-likeness (QED) is 0.375. The number of anilines is 2. The van der Waals surface area contributed by atoms with E-state index in [1.54, 1.807) is 18.2 Å². The third kappa shape index (κ3) is 4.96. The lowest BCUT2D eigenvalue weighted by Gasteiger charge is -2.29. The smallest absolute Gasteiger partial charge is 0.253 e. The molecule has 4 aromatic rings. The Morgan fingerprint density at radius 3 is 2.61 bits per heavy atom. The largest absolute Gasteiger partial charge is 0.755 e. The highest BCUT2D eigenvalue weighted by Crippen LogP contribution is 2.35. The van der Waals surface area contributed by atoms with Crippen molar-refractivity contribution in [2.75, 3.05) is 4.31 Å². The van der Waals surface area contributed by atoms with Gasteiger partial charge in [0.1, 0.15) is 11.3 Å². The van der Waals surface area contributed by atoms with Crippen LogP contribution in [0, 0.1) is 5.82 Å². The van der Waals surface area contributed by atoms with Gasteiger partial charge in [0, 0.05) is 29.0 Å². The molecule has 0 bridgehead atoms. The number of fused-ring (bicyclic) bond motifs is 1. The molecule has 0 saturated heterocycles. The second kappa shape index (κ2) is 9.80. The van der Waals surface area contributed by atoms with Crippen molar-refractivity contribution >= 4 is 62.8 Å². The molecule has 3 aromatic carbocycles. The Morgan fingerprint density at radius 2 is 1.85 bits per heavy atom. The van der Waals surface area contributed by atoms with E-state index >= 15 is 0 Å². The van der Waals surface area contributed by atoms with Crippen molar-refractivity contribution in [2.45, 2.75) is 6.54 Å². The average Bonchev–Trinajstić information content (AvgIpc) is 2.78. The number of aromatic nitrogens is 2. The van der Waals surface area contributed by atoms with Crippen molar-refractivity contribution in [3.63, 3.8) is 0 Å². The van der Waals surface area contributed by atoms with Gasteiger partial charge in [0.2, 0.25) is 0 Å². The standard InChI is InChI=1S/C22H15Cl2FN4O3S/c23-14-5-7-16(22(30)28-12-13-4-6-15(25)11-17(13)24)20(10-14)29(33(31)32)19-3-1-2-18-21(19)27-9-8-26-18/h1-11H,12H2,(H,28,30)(H,31,32)/p-1. The number of carbonyl (C=O) groups is 1. The molecular formula is C22H14Cl2FN4O3S-. The molecule has 1 N–H and O–H groups in total. The molecule has 1 unspecified atom stereocenters. The summed E-state index contributed by atoms with van der Waals surface area (Å²) in [5.74, 6) is -1.08. The van der Waals surface area contributed by atoms with Gasteiger partial charge in [-0.3, -0.25) is 23.3 Å². The first-order valence-corrected chi connectivity index (χ1v) is 11.2. The number of nitrogens with zero attached hydrogens (tertiary/aromatic N) is 3. The molecule has 168 valence electrons. The normalized spacial score (nSPS) is 11.9. The molecule has 11 heteroatoms. The Bertz CT molecular complexity index is 1380. The topological polar surface area (TPSA) is 98.2 Å². The molecule has 33 heavy (non-hydrogen) atoms. The van der Waals surface area contributed by atoms with Crippen molar-refractivity contribution in [2.24, 2.45) is 0 Å². The van der Waals surface area contributed by atoms with Crippen LogP contribution in [0.1, 0.15) is 15.9 Å². The Kier molecular flexibility index (Phi) is 6.85. The fourth-order valence-electron chi connectivity index (χ4n) is 3.23. The first-order chi connectivity index (χ1) is 15.8. The van der Waals surface area contributed by atoms with Gasteiger partial charge in [-0.15, -0.1) is 0 Å². The van der Waals surface area contributed by atoms with Gasteiger partial charge < -0.3 is 9.87 Å². The van der Waals surface area contributed by atoms with Crippen molar-refractivity contribution in [3.8, 4) is 0 Å². The summed E-state index contributed by atoms with van der Waals surface area (Å²) < 4.78 is 38.9. The van der Waals surface area contributed by atoms with E-state index in [-0.39, 0.29) is 33.5 Å². The number of hydrogen-bond acceptors (Lipinski definition) is 5. The number of para-hydroxylation sites is 1. The maximum atomic E-state index is 13.3. The molecule has 0 aliphatic heterocycles. The molecular weight excluding hydrogens is 490 g/mol. The molecule has 7 nitrogen and oxygen atoms in total. The number of amides is 1. The third-order valence-electron chi connectivity index (χ3n) is 4.72. The maximum absolute atomic E-state index is 13.3. The minimum absolute atomic E-state index is 0.000219. The Hall–Kier alpha value is -3.11. The van der Waals surface area contributed by atoms with Crippen LogP contribution in [0.2, 0.25) is 10.0 Å². The SMILES string of the molecule is O=C(NCc1ccc(F)cc1Cl)c1ccc(Cl)cc1N(c1cccc2nccnc12)S(=O)[O-]. The highest BCUT2D eigenvalue weighted by molar-refractivity contribution is 7.81. The molecule has 0 saturated carbocycles. The molecule has 0 aliphatic rings. The fraction of sp³-hybridized carbons (Fsp3) is 0.0455. The van der Waals surface area contributed by atoms with Crippen LogP contribution >= 0.6 is 23.2 Å². The summed E-state index contributed by atoms with van der Waals surface area (Å²) in [5, 5.41) is 3.06. The van der Waals surface area contributed by atoms with E-state index in [2.05, 4.69) is 15.3 Å². The Labute approximate surface area is 200 Å². The lowest BCUT2D eigenvalue weighted by molar-refractivity contribution is 0.0951. The number of nitrogens with one attached hydrogen (secondary N) is 1. The van der Waals surface area contributed by atoms with Gasteiger partial charge in [-0.1, -0.05) is 35.3 Å². The van der Waals surface area contributed by atoms with Crippen molar-refractivity contribution in [1.82, 2.24) is 15.3 Å². The summed E-state index contributed by atoms with van der Waals surface area (Å²) in [6.07, 6.45) is 2.93. The Morgan fingerprint density at radius 1 is 1.06 bits per heavy atom. The highest BCUT2D eigenvalue weighted by Gasteiger charge is 2.22. The monoisotopic (exact) mass is 503 g/mol. The molecule has 1 amide bonds. The van der Waals surface area contributed by atoms with Crippen LogP contribution in [0.5, 0.6) is 0 Å². The lowest BCUT2D eigenvalue weighted by Crippen LogP contribution is -2.27. The van der Waals surface area contributed by atoms with Gasteiger partial charge in [0.15, 0.2) is 0 Å². The summed E-state index contributed by atoms with van der Waals surface area (Å²) >= 11 is 9.34. The van der Waals surface area contributed by atoms with Crippen LogP contribution in [0.4, 0.5) is 15.8 Å². The van der Waals surface area contributed by atoms with E-state index in [4.69, 9.17) is 23.2 Å². The molecule has 4 rings (SSSR count). The minimum Gasteiger partial charge on any atom is -0.755 e. The van der Waals surface area contributed by atoms with Crippen LogP contribution in [0.3, 0.4) is 0 Å². The first-order valence-electron chi connectivity index (χ1n) is 9.46. The molecule has 1 aromatic heterocycles. The molecule has 0 aliphatic carbocycles. The van der Waals surface area contributed by atoms with E-state index < -0.39 is 23.0 Å². The van der Waals surface area contributed by atoms with E-state index in [0.717, 1.165) is 10.4 Å². The van der Waals surface area contributed by atoms with Gasteiger partial charge in [-0.05, 0) is 48.0 Å². The van der Waals surface area contributed by atoms with Crippen molar-refractivity contribution in [3.05, 3.63) is 94.0 Å². The number of carbonyl (C=O) groups excluding carboxylic acids is 1. The minimum atomic E-state index is -2.83. The predicted octanol–water partition coefficient (Wildman–Crippen LogP) is 4.94. The number of halogens is 3. The van der Waals surface area contributed by atoms with Crippen LogP contribution in [0.25, 0.3) is 11.0 Å². The molecule has 0 radical (unpaired) electrons. The summed E-state index contributed by atoms with van der Waals surface area (Å²) in [6.45, 7) is 0.000219. The molecule has 1 atom stereocenters. The van der Waals surface area contributed by atoms with Gasteiger partial charge in [-0.2, -0.15) is 0 Å². The summed E-state index contributed by atoms with van der Waals surface area (Å²) in [6, 6.07) is 12.9. The van der Waals surface area contributed by atoms with Crippen LogP contribution in [0.15, 0.2) is 67.0 Å². The Balaban J connectivity index is 1.74. The zero-order chi connectivity index (χ0) is 23.5. The van der Waals surface area contributed by atoms with Gasteiger partial charge in [-0.25, -0.2) is 4.39 Å². The number of rotatable bonds is 6. The highest BCUT2D eigenvalue weighted by atomic mass is 35.5. The zero-order valence-electron chi connectivity index (χ0n) is 16.7. The second-order valence-corrected chi connectivity index (χ2v) is 8.44. The fourth-order valence-corrected chi connectivity index (χ4v) is 4.25. The first kappa shape index (κ1) is 23.1. The van der Waals surface area contributed by atoms with Crippen LogP contribution in [-0.2, 0) is 17.8 Å². The summed E-state index contributed by atoms with van der Waals surface area (Å²) in [7, 11) is 0. The summed E-state index contributed by atoms with van der Waals surface area (Å²) in [4.78, 5) is 21.5. The average molecular weight is 504 g/mol. The van der Waals surface area contributed by atoms with E-state index in [9.17, 15) is 17.9 Å². The van der Waals surface area contributed by atoms with E-state index in [0.29, 0.717) is 16.6 Å². The summed E-state index contributed by atoms with van der Waals surface area (Å²) in [5.41, 5.74) is 1.57. The van der Waals surface area contributed by atoms with Gasteiger partial charge in [0.25, 0.3) is 5.91 Å². The van der Waals surface area contributed by atoms with Crippen molar-refractivity contribution in [1.29, 1.82) is 0 Å². The molecule has 0 spiro atoms. The third-order valence-corrected chi connectivity index (χ3v) is 6.00. The number of hydrogen-bond donors (Lipinski definition) is 1. The van der Waals surface area contributed by atoms with Gasteiger partial charge in [0.05, 0.1) is 33.7 Å². The predicted molar refractivity (Wildman–Crippen MR) is 125 cm³/mol. The van der Waals surface area contributed by atoms with E-state index in [1.807, 2.05) is 0 Å². The maximum Gasteiger partial charge on any atom is 0.253 e. The van der Waals surface area contributed by atoms with Crippen LogP contribution < -0.4 is 9.62 Å². The van der Waals surface area contributed by atoms with E-state index in [1.165, 1.54) is 42.7 Å². The van der Waals surface area contributed by atoms with Crippen LogP contribution in [-0.4, -0.2) is 24.6 Å². The number of benzene rings is 3. The van der Waals surface area contributed by atoms with Gasteiger partial charge >= 0.3 is 0 Å². The molecule has 1 heterocycles. The zero-order valence-corrected chi connectivity index (χ0v) is 19.0. The molecule has 0 fully saturated rings. The lowest BCUT2D eigenvalue weighted by atomic mass is 10.1.